The Balaban J connectivity index is 0.00000200. The molecule has 0 saturated carbocycles. The predicted molar refractivity (Wildman–Crippen MR) is 77.9 cm³/mol. The summed E-state index contributed by atoms with van der Waals surface area (Å²) >= 11 is 0. The SMILES string of the molecule is COCC(=O)N1CCN(C(=O)C2CCCCN2)CC1.Cl. The van der Waals surface area contributed by atoms with Gasteiger partial charge in [0.2, 0.25) is 11.8 Å². The van der Waals surface area contributed by atoms with Crippen molar-refractivity contribution in [3.05, 3.63) is 0 Å². The highest BCUT2D eigenvalue weighted by molar-refractivity contribution is 5.85. The van der Waals surface area contributed by atoms with Crippen LogP contribution in [-0.4, -0.2) is 74.1 Å². The smallest absolute Gasteiger partial charge is 0.248 e. The summed E-state index contributed by atoms with van der Waals surface area (Å²) in [5.41, 5.74) is 0. The fourth-order valence-electron chi connectivity index (χ4n) is 2.67. The molecule has 2 saturated heterocycles. The normalized spacial score (nSPS) is 23.1. The number of piperidine rings is 1. The Morgan fingerprint density at radius 3 is 2.35 bits per heavy atom. The molecule has 2 aliphatic heterocycles. The van der Waals surface area contributed by atoms with Gasteiger partial charge < -0.3 is 19.9 Å². The molecule has 2 amide bonds. The second-order valence-corrected chi connectivity index (χ2v) is 5.14. The van der Waals surface area contributed by atoms with Gasteiger partial charge in [-0.2, -0.15) is 0 Å². The van der Waals surface area contributed by atoms with E-state index in [4.69, 9.17) is 4.74 Å². The summed E-state index contributed by atoms with van der Waals surface area (Å²) in [7, 11) is 1.52. The second-order valence-electron chi connectivity index (χ2n) is 5.14. The fourth-order valence-corrected chi connectivity index (χ4v) is 2.67. The molecule has 0 spiro atoms. The summed E-state index contributed by atoms with van der Waals surface area (Å²) < 4.78 is 4.84. The molecule has 2 heterocycles. The Morgan fingerprint density at radius 2 is 1.80 bits per heavy atom. The first-order chi connectivity index (χ1) is 9.22. The standard InChI is InChI=1S/C13H23N3O3.ClH/c1-19-10-12(17)15-6-8-16(9-7-15)13(18)11-4-2-3-5-14-11;/h11,14H,2-10H2,1H3;1H. The lowest BCUT2D eigenvalue weighted by Gasteiger charge is -2.37. The number of rotatable bonds is 3. The molecule has 2 aliphatic rings. The molecule has 6 nitrogen and oxygen atoms in total. The van der Waals surface area contributed by atoms with Crippen LogP contribution >= 0.6 is 12.4 Å². The second kappa shape index (κ2) is 8.44. The molecule has 1 unspecified atom stereocenters. The summed E-state index contributed by atoms with van der Waals surface area (Å²) in [4.78, 5) is 27.6. The molecule has 0 bridgehead atoms. The van der Waals surface area contributed by atoms with Crippen LogP contribution in [-0.2, 0) is 14.3 Å². The van der Waals surface area contributed by atoms with Gasteiger partial charge in [0, 0.05) is 33.3 Å². The van der Waals surface area contributed by atoms with E-state index in [0.717, 1.165) is 25.8 Å². The summed E-state index contributed by atoms with van der Waals surface area (Å²) in [6, 6.07) is -0.0185. The van der Waals surface area contributed by atoms with E-state index >= 15 is 0 Å². The third-order valence-corrected chi connectivity index (χ3v) is 3.82. The van der Waals surface area contributed by atoms with Crippen LogP contribution in [0.5, 0.6) is 0 Å². The maximum atomic E-state index is 12.3. The molecule has 1 N–H and O–H groups in total. The van der Waals surface area contributed by atoms with Crippen LogP contribution in [0.4, 0.5) is 0 Å². The molecule has 0 aliphatic carbocycles. The third kappa shape index (κ3) is 4.33. The van der Waals surface area contributed by atoms with Crippen molar-refractivity contribution in [3.63, 3.8) is 0 Å². The number of methoxy groups -OCH3 is 1. The lowest BCUT2D eigenvalue weighted by atomic mass is 10.0. The van der Waals surface area contributed by atoms with Gasteiger partial charge in [0.1, 0.15) is 6.61 Å². The topological polar surface area (TPSA) is 61.9 Å². The summed E-state index contributed by atoms with van der Waals surface area (Å²) in [5, 5.41) is 3.28. The number of carbonyl (C=O) groups excluding carboxylic acids is 2. The molecule has 1 atom stereocenters. The first-order valence-corrected chi connectivity index (χ1v) is 7.01. The average Bonchev–Trinajstić information content (AvgIpc) is 2.48. The summed E-state index contributed by atoms with van der Waals surface area (Å²) in [5.74, 6) is 0.198. The molecule has 2 fully saturated rings. The van der Waals surface area contributed by atoms with Crippen LogP contribution in [0.3, 0.4) is 0 Å². The van der Waals surface area contributed by atoms with E-state index in [1.807, 2.05) is 4.90 Å². The first kappa shape index (κ1) is 17.2. The minimum Gasteiger partial charge on any atom is -0.375 e. The van der Waals surface area contributed by atoms with Gasteiger partial charge in [-0.15, -0.1) is 12.4 Å². The molecule has 116 valence electrons. The Hall–Kier alpha value is -0.850. The first-order valence-electron chi connectivity index (χ1n) is 7.01. The van der Waals surface area contributed by atoms with Gasteiger partial charge in [0.15, 0.2) is 0 Å². The van der Waals surface area contributed by atoms with E-state index in [9.17, 15) is 9.59 Å². The molecule has 20 heavy (non-hydrogen) atoms. The Labute approximate surface area is 126 Å². The van der Waals surface area contributed by atoms with Crippen molar-refractivity contribution in [2.24, 2.45) is 0 Å². The van der Waals surface area contributed by atoms with Crippen molar-refractivity contribution < 1.29 is 14.3 Å². The van der Waals surface area contributed by atoms with Crippen LogP contribution in [0.15, 0.2) is 0 Å². The minimum atomic E-state index is -0.0185. The molecule has 0 radical (unpaired) electrons. The summed E-state index contributed by atoms with van der Waals surface area (Å²) in [6.07, 6.45) is 3.21. The van der Waals surface area contributed by atoms with Crippen LogP contribution < -0.4 is 5.32 Å². The van der Waals surface area contributed by atoms with E-state index in [1.54, 1.807) is 4.90 Å². The number of carbonyl (C=O) groups is 2. The number of piperazine rings is 1. The number of hydrogen-bond acceptors (Lipinski definition) is 4. The Bertz CT molecular complexity index is 327. The highest BCUT2D eigenvalue weighted by Crippen LogP contribution is 2.12. The molecule has 0 aromatic carbocycles. The van der Waals surface area contributed by atoms with Crippen molar-refractivity contribution in [2.45, 2.75) is 25.3 Å². The molecular formula is C13H24ClN3O3. The zero-order valence-electron chi connectivity index (χ0n) is 12.0. The Morgan fingerprint density at radius 1 is 1.15 bits per heavy atom. The Kier molecular flexibility index (Phi) is 7.26. The zero-order valence-corrected chi connectivity index (χ0v) is 12.8. The number of nitrogens with zero attached hydrogens (tertiary/aromatic N) is 2. The van der Waals surface area contributed by atoms with E-state index in [1.165, 1.54) is 7.11 Å². The van der Waals surface area contributed by atoms with Gasteiger partial charge in [-0.25, -0.2) is 0 Å². The van der Waals surface area contributed by atoms with Crippen LogP contribution in [0.25, 0.3) is 0 Å². The van der Waals surface area contributed by atoms with Gasteiger partial charge in [-0.3, -0.25) is 9.59 Å². The van der Waals surface area contributed by atoms with E-state index < -0.39 is 0 Å². The van der Waals surface area contributed by atoms with Gasteiger partial charge in [0.25, 0.3) is 0 Å². The van der Waals surface area contributed by atoms with Crippen molar-refractivity contribution in [2.75, 3.05) is 46.4 Å². The van der Waals surface area contributed by atoms with Gasteiger partial charge in [-0.05, 0) is 19.4 Å². The third-order valence-electron chi connectivity index (χ3n) is 3.82. The summed E-state index contributed by atoms with van der Waals surface area (Å²) in [6.45, 7) is 3.54. The number of ether oxygens (including phenoxy) is 1. The molecule has 7 heteroatoms. The largest absolute Gasteiger partial charge is 0.375 e. The van der Waals surface area contributed by atoms with Crippen molar-refractivity contribution in [1.82, 2.24) is 15.1 Å². The van der Waals surface area contributed by atoms with Crippen LogP contribution in [0, 0.1) is 0 Å². The highest BCUT2D eigenvalue weighted by atomic mass is 35.5. The maximum absolute atomic E-state index is 12.3. The molecule has 0 aromatic rings. The quantitative estimate of drug-likeness (QED) is 0.789. The van der Waals surface area contributed by atoms with E-state index in [2.05, 4.69) is 5.32 Å². The van der Waals surface area contributed by atoms with Crippen molar-refractivity contribution in [1.29, 1.82) is 0 Å². The van der Waals surface area contributed by atoms with Gasteiger partial charge >= 0.3 is 0 Å². The number of amides is 2. The highest BCUT2D eigenvalue weighted by Gasteiger charge is 2.29. The molecule has 0 aromatic heterocycles. The predicted octanol–water partition coefficient (Wildman–Crippen LogP) is -0.132. The number of halogens is 1. The van der Waals surface area contributed by atoms with E-state index in [0.29, 0.717) is 26.2 Å². The van der Waals surface area contributed by atoms with Gasteiger partial charge in [0.05, 0.1) is 6.04 Å². The molecular weight excluding hydrogens is 282 g/mol. The lowest BCUT2D eigenvalue weighted by molar-refractivity contribution is -0.143. The number of nitrogens with one attached hydrogen (secondary N) is 1. The molecule has 2 rings (SSSR count). The van der Waals surface area contributed by atoms with E-state index in [-0.39, 0.29) is 36.9 Å². The van der Waals surface area contributed by atoms with Gasteiger partial charge in [-0.1, -0.05) is 6.42 Å². The monoisotopic (exact) mass is 305 g/mol. The maximum Gasteiger partial charge on any atom is 0.248 e. The lowest BCUT2D eigenvalue weighted by Crippen LogP contribution is -2.56. The van der Waals surface area contributed by atoms with Crippen LogP contribution in [0.1, 0.15) is 19.3 Å². The minimum absolute atomic E-state index is 0. The van der Waals surface area contributed by atoms with Crippen LogP contribution in [0.2, 0.25) is 0 Å². The van der Waals surface area contributed by atoms with Crippen molar-refractivity contribution in [3.8, 4) is 0 Å². The van der Waals surface area contributed by atoms with Crippen molar-refractivity contribution >= 4 is 24.2 Å². The average molecular weight is 306 g/mol. The zero-order chi connectivity index (χ0) is 13.7. The fraction of sp³-hybridized carbons (Fsp3) is 0.846. The number of hydrogen-bond donors (Lipinski definition) is 1.